The van der Waals surface area contributed by atoms with Crippen LogP contribution in [0.1, 0.15) is 5.56 Å². The second-order valence-corrected chi connectivity index (χ2v) is 6.93. The van der Waals surface area contributed by atoms with Gasteiger partial charge in [0.15, 0.2) is 11.6 Å². The van der Waals surface area contributed by atoms with Crippen LogP contribution < -0.4 is 10.2 Å². The third-order valence-electron chi connectivity index (χ3n) is 4.85. The van der Waals surface area contributed by atoms with Gasteiger partial charge in [0.05, 0.1) is 0 Å². The van der Waals surface area contributed by atoms with E-state index < -0.39 is 11.6 Å². The molecular weight excluding hydrogens is 402 g/mol. The van der Waals surface area contributed by atoms with Crippen molar-refractivity contribution >= 4 is 29.4 Å². The molecule has 1 aliphatic rings. The van der Waals surface area contributed by atoms with Crippen molar-refractivity contribution < 1.29 is 13.6 Å². The molecular formula is C22H20F2N6O. The highest BCUT2D eigenvalue weighted by molar-refractivity contribution is 5.92. The van der Waals surface area contributed by atoms with Crippen molar-refractivity contribution in [2.24, 2.45) is 0 Å². The summed E-state index contributed by atoms with van der Waals surface area (Å²) in [6.07, 6.45) is 4.26. The highest BCUT2D eigenvalue weighted by Crippen LogP contribution is 2.17. The molecule has 0 unspecified atom stereocenters. The van der Waals surface area contributed by atoms with Crippen molar-refractivity contribution in [1.29, 1.82) is 0 Å². The minimum absolute atomic E-state index is 0.0432. The summed E-state index contributed by atoms with van der Waals surface area (Å²) < 4.78 is 26.9. The van der Waals surface area contributed by atoms with Gasteiger partial charge >= 0.3 is 0 Å². The van der Waals surface area contributed by atoms with E-state index in [1.807, 2.05) is 35.2 Å². The number of nitrogens with zero attached hydrogens (tertiary/aromatic N) is 5. The lowest BCUT2D eigenvalue weighted by Crippen LogP contribution is -2.48. The Labute approximate surface area is 178 Å². The van der Waals surface area contributed by atoms with Crippen molar-refractivity contribution in [2.45, 2.75) is 0 Å². The van der Waals surface area contributed by atoms with Crippen molar-refractivity contribution in [3.8, 4) is 0 Å². The van der Waals surface area contributed by atoms with Gasteiger partial charge in [0, 0.05) is 44.0 Å². The Hall–Kier alpha value is -3.88. The molecule has 1 fully saturated rings. The third kappa shape index (κ3) is 5.19. The topological polar surface area (TPSA) is 74.2 Å². The molecule has 9 heteroatoms. The first-order valence-electron chi connectivity index (χ1n) is 9.77. The Bertz CT molecular complexity index is 1070. The van der Waals surface area contributed by atoms with Gasteiger partial charge in [-0.2, -0.15) is 0 Å². The average molecular weight is 422 g/mol. The van der Waals surface area contributed by atoms with Crippen LogP contribution in [0.2, 0.25) is 0 Å². The first-order chi connectivity index (χ1) is 15.1. The SMILES string of the molecule is O=C(/C=C/c1cc(F)ccc1F)N1CCN(c2ccc(Nc3ccccn3)nn2)CC1. The highest BCUT2D eigenvalue weighted by atomic mass is 19.1. The average Bonchev–Trinajstić information content (AvgIpc) is 2.81. The summed E-state index contributed by atoms with van der Waals surface area (Å²) in [5.74, 6) is 0.619. The van der Waals surface area contributed by atoms with Gasteiger partial charge in [0.25, 0.3) is 0 Å². The fraction of sp³-hybridized carbons (Fsp3) is 0.182. The second kappa shape index (κ2) is 9.29. The van der Waals surface area contributed by atoms with Gasteiger partial charge < -0.3 is 15.1 Å². The van der Waals surface area contributed by atoms with E-state index >= 15 is 0 Å². The molecule has 0 bridgehead atoms. The largest absolute Gasteiger partial charge is 0.352 e. The number of pyridine rings is 1. The van der Waals surface area contributed by atoms with Crippen LogP contribution >= 0.6 is 0 Å². The maximum absolute atomic E-state index is 13.7. The summed E-state index contributed by atoms with van der Waals surface area (Å²) in [5.41, 5.74) is 0.0432. The number of piperazine rings is 1. The first-order valence-corrected chi connectivity index (χ1v) is 9.77. The lowest BCUT2D eigenvalue weighted by atomic mass is 10.2. The van der Waals surface area contributed by atoms with E-state index in [-0.39, 0.29) is 11.5 Å². The van der Waals surface area contributed by atoms with Crippen LogP contribution in [0.25, 0.3) is 6.08 Å². The number of carbonyl (C=O) groups excluding carboxylic acids is 1. The summed E-state index contributed by atoms with van der Waals surface area (Å²) in [6.45, 7) is 2.17. The van der Waals surface area contributed by atoms with Crippen LogP contribution in [0.4, 0.5) is 26.2 Å². The molecule has 0 spiro atoms. The minimum atomic E-state index is -0.574. The molecule has 1 saturated heterocycles. The van der Waals surface area contributed by atoms with E-state index in [0.717, 1.165) is 24.0 Å². The number of hydrogen-bond acceptors (Lipinski definition) is 6. The van der Waals surface area contributed by atoms with Crippen molar-refractivity contribution in [1.82, 2.24) is 20.1 Å². The predicted molar refractivity (Wildman–Crippen MR) is 114 cm³/mol. The minimum Gasteiger partial charge on any atom is -0.352 e. The number of rotatable bonds is 5. The standard InChI is InChI=1S/C22H20F2N6O/c23-17-5-6-18(24)16(15-17)4-9-22(31)30-13-11-29(12-14-30)21-8-7-20(27-28-21)26-19-3-1-2-10-25-19/h1-10,15H,11-14H2,(H,25,26,27)/b9-4+. The van der Waals surface area contributed by atoms with Gasteiger partial charge in [0.1, 0.15) is 17.5 Å². The van der Waals surface area contributed by atoms with E-state index in [4.69, 9.17) is 0 Å². The lowest BCUT2D eigenvalue weighted by molar-refractivity contribution is -0.126. The van der Waals surface area contributed by atoms with Gasteiger partial charge in [-0.3, -0.25) is 4.79 Å². The van der Waals surface area contributed by atoms with Crippen molar-refractivity contribution in [3.63, 3.8) is 0 Å². The van der Waals surface area contributed by atoms with Gasteiger partial charge in [-0.25, -0.2) is 13.8 Å². The Morgan fingerprint density at radius 2 is 1.81 bits per heavy atom. The number of anilines is 3. The molecule has 0 atom stereocenters. The molecule has 158 valence electrons. The fourth-order valence-corrected chi connectivity index (χ4v) is 3.19. The first kappa shape index (κ1) is 20.4. The van der Waals surface area contributed by atoms with E-state index in [1.165, 1.54) is 12.2 Å². The summed E-state index contributed by atoms with van der Waals surface area (Å²) in [6, 6.07) is 12.4. The molecule has 3 aromatic rings. The zero-order valence-electron chi connectivity index (χ0n) is 16.6. The molecule has 1 aliphatic heterocycles. The Kier molecular flexibility index (Phi) is 6.11. The fourth-order valence-electron chi connectivity index (χ4n) is 3.19. The number of hydrogen-bond donors (Lipinski definition) is 1. The van der Waals surface area contributed by atoms with Gasteiger partial charge in [-0.05, 0) is 48.5 Å². The predicted octanol–water partition coefficient (Wildman–Crippen LogP) is 3.26. The Morgan fingerprint density at radius 3 is 2.52 bits per heavy atom. The molecule has 1 N–H and O–H groups in total. The summed E-state index contributed by atoms with van der Waals surface area (Å²) in [7, 11) is 0. The molecule has 7 nitrogen and oxygen atoms in total. The quantitative estimate of drug-likeness (QED) is 0.637. The van der Waals surface area contributed by atoms with E-state index in [9.17, 15) is 13.6 Å². The van der Waals surface area contributed by atoms with Crippen LogP contribution in [0.5, 0.6) is 0 Å². The zero-order valence-corrected chi connectivity index (χ0v) is 16.6. The Balaban J connectivity index is 1.31. The van der Waals surface area contributed by atoms with Gasteiger partial charge in [-0.15, -0.1) is 10.2 Å². The molecule has 0 aliphatic carbocycles. The monoisotopic (exact) mass is 422 g/mol. The second-order valence-electron chi connectivity index (χ2n) is 6.93. The molecule has 0 saturated carbocycles. The molecule has 1 amide bonds. The summed E-state index contributed by atoms with van der Waals surface area (Å²) in [4.78, 5) is 20.3. The van der Waals surface area contributed by atoms with Crippen LogP contribution in [-0.2, 0) is 4.79 Å². The number of nitrogens with one attached hydrogen (secondary N) is 1. The van der Waals surface area contributed by atoms with Crippen LogP contribution in [0.15, 0.2) is 60.8 Å². The number of halogens is 2. The Morgan fingerprint density at radius 1 is 0.968 bits per heavy atom. The molecule has 1 aromatic carbocycles. The van der Waals surface area contributed by atoms with Gasteiger partial charge in [-0.1, -0.05) is 6.07 Å². The normalized spacial score (nSPS) is 14.1. The van der Waals surface area contributed by atoms with Crippen LogP contribution in [0.3, 0.4) is 0 Å². The molecule has 31 heavy (non-hydrogen) atoms. The molecule has 0 radical (unpaired) electrons. The van der Waals surface area contributed by atoms with Gasteiger partial charge in [0.2, 0.25) is 5.91 Å². The molecule has 2 aromatic heterocycles. The van der Waals surface area contributed by atoms with E-state index in [2.05, 4.69) is 20.5 Å². The van der Waals surface area contributed by atoms with Crippen molar-refractivity contribution in [2.75, 3.05) is 36.4 Å². The maximum Gasteiger partial charge on any atom is 0.246 e. The zero-order chi connectivity index (χ0) is 21.6. The van der Waals surface area contributed by atoms with Crippen LogP contribution in [0, 0.1) is 11.6 Å². The molecule has 3 heterocycles. The number of amides is 1. The smallest absolute Gasteiger partial charge is 0.246 e. The van der Waals surface area contributed by atoms with Crippen LogP contribution in [-0.4, -0.2) is 52.2 Å². The summed E-state index contributed by atoms with van der Waals surface area (Å²) in [5, 5.41) is 11.5. The lowest BCUT2D eigenvalue weighted by Gasteiger charge is -2.34. The third-order valence-corrected chi connectivity index (χ3v) is 4.85. The van der Waals surface area contributed by atoms with E-state index in [0.29, 0.717) is 37.8 Å². The maximum atomic E-state index is 13.7. The van der Waals surface area contributed by atoms with Crippen molar-refractivity contribution in [3.05, 3.63) is 78.0 Å². The highest BCUT2D eigenvalue weighted by Gasteiger charge is 2.21. The number of carbonyl (C=O) groups is 1. The number of aromatic nitrogens is 3. The number of benzene rings is 1. The van der Waals surface area contributed by atoms with E-state index in [1.54, 1.807) is 11.1 Å². The summed E-state index contributed by atoms with van der Waals surface area (Å²) >= 11 is 0. The molecule has 4 rings (SSSR count).